The second kappa shape index (κ2) is 7.73. The second-order valence-electron chi connectivity index (χ2n) is 5.74. The van der Waals surface area contributed by atoms with Gasteiger partial charge in [-0.15, -0.1) is 0 Å². The lowest BCUT2D eigenvalue weighted by molar-refractivity contribution is 0.0526. The van der Waals surface area contributed by atoms with Gasteiger partial charge in [-0.25, -0.2) is 18.0 Å². The SMILES string of the molecule is CCOC(=O)c1ccc(S(=O)(=O)Nc2c(NC)c3ccccc3oc2=O)cc1. The molecule has 0 amide bonds. The third-order valence-corrected chi connectivity index (χ3v) is 5.34. The summed E-state index contributed by atoms with van der Waals surface area (Å²) >= 11 is 0. The Morgan fingerprint density at radius 2 is 1.75 bits per heavy atom. The smallest absolute Gasteiger partial charge is 0.363 e. The largest absolute Gasteiger partial charge is 0.462 e. The van der Waals surface area contributed by atoms with Gasteiger partial charge in [0.2, 0.25) is 0 Å². The zero-order valence-electron chi connectivity index (χ0n) is 15.2. The van der Waals surface area contributed by atoms with Gasteiger partial charge in [-0.05, 0) is 43.3 Å². The fourth-order valence-corrected chi connectivity index (χ4v) is 3.75. The molecule has 0 unspecified atom stereocenters. The van der Waals surface area contributed by atoms with Crippen molar-refractivity contribution in [3.63, 3.8) is 0 Å². The molecule has 28 heavy (non-hydrogen) atoms. The summed E-state index contributed by atoms with van der Waals surface area (Å²) in [5.74, 6) is -0.549. The highest BCUT2D eigenvalue weighted by atomic mass is 32.2. The first kappa shape index (κ1) is 19.4. The van der Waals surface area contributed by atoms with Crippen molar-refractivity contribution >= 4 is 38.3 Å². The number of anilines is 2. The molecule has 0 saturated heterocycles. The summed E-state index contributed by atoms with van der Waals surface area (Å²) in [5.41, 5.74) is -0.190. The molecule has 0 atom stereocenters. The lowest BCUT2D eigenvalue weighted by atomic mass is 10.2. The van der Waals surface area contributed by atoms with E-state index in [1.165, 1.54) is 24.3 Å². The van der Waals surface area contributed by atoms with Gasteiger partial charge in [0.05, 0.1) is 22.8 Å². The minimum absolute atomic E-state index is 0.116. The van der Waals surface area contributed by atoms with Crippen LogP contribution in [-0.4, -0.2) is 28.0 Å². The first-order chi connectivity index (χ1) is 13.4. The summed E-state index contributed by atoms with van der Waals surface area (Å²) in [7, 11) is -2.52. The highest BCUT2D eigenvalue weighted by molar-refractivity contribution is 7.92. The average molecular weight is 402 g/mol. The van der Waals surface area contributed by atoms with Crippen molar-refractivity contribution in [2.45, 2.75) is 11.8 Å². The molecule has 0 aliphatic carbocycles. The lowest BCUT2D eigenvalue weighted by Crippen LogP contribution is -2.20. The Bertz CT molecular complexity index is 1180. The van der Waals surface area contributed by atoms with Crippen molar-refractivity contribution in [1.29, 1.82) is 0 Å². The van der Waals surface area contributed by atoms with Crippen LogP contribution in [-0.2, 0) is 14.8 Å². The quantitative estimate of drug-likeness (QED) is 0.481. The molecule has 1 heterocycles. The van der Waals surface area contributed by atoms with Gasteiger partial charge >= 0.3 is 11.6 Å². The minimum Gasteiger partial charge on any atom is -0.462 e. The van der Waals surface area contributed by atoms with Crippen LogP contribution < -0.4 is 15.7 Å². The van der Waals surface area contributed by atoms with Crippen LogP contribution in [0.3, 0.4) is 0 Å². The molecular formula is C19H18N2O6S. The van der Waals surface area contributed by atoms with E-state index in [1.54, 1.807) is 38.2 Å². The molecule has 0 fully saturated rings. The average Bonchev–Trinajstić information content (AvgIpc) is 2.68. The predicted octanol–water partition coefficient (Wildman–Crippen LogP) is 2.81. The zero-order chi connectivity index (χ0) is 20.3. The molecule has 146 valence electrons. The number of sulfonamides is 1. The molecule has 0 aliphatic heterocycles. The van der Waals surface area contributed by atoms with Crippen LogP contribution >= 0.6 is 0 Å². The van der Waals surface area contributed by atoms with E-state index in [0.717, 1.165) is 0 Å². The molecular weight excluding hydrogens is 384 g/mol. The summed E-state index contributed by atoms with van der Waals surface area (Å²) in [6.45, 7) is 1.89. The van der Waals surface area contributed by atoms with Crippen molar-refractivity contribution in [3.8, 4) is 0 Å². The van der Waals surface area contributed by atoms with Crippen molar-refractivity contribution in [1.82, 2.24) is 0 Å². The number of hydrogen-bond donors (Lipinski definition) is 2. The van der Waals surface area contributed by atoms with Gasteiger partial charge in [0.1, 0.15) is 5.58 Å². The van der Waals surface area contributed by atoms with E-state index < -0.39 is 21.6 Å². The highest BCUT2D eigenvalue weighted by Gasteiger charge is 2.21. The van der Waals surface area contributed by atoms with Gasteiger partial charge in [0.25, 0.3) is 10.0 Å². The van der Waals surface area contributed by atoms with E-state index in [9.17, 15) is 18.0 Å². The number of benzene rings is 2. The maximum absolute atomic E-state index is 12.7. The topological polar surface area (TPSA) is 115 Å². The summed E-state index contributed by atoms with van der Waals surface area (Å²) < 4.78 is 37.8. The fourth-order valence-electron chi connectivity index (χ4n) is 2.68. The minimum atomic E-state index is -4.09. The monoisotopic (exact) mass is 402 g/mol. The van der Waals surface area contributed by atoms with E-state index >= 15 is 0 Å². The van der Waals surface area contributed by atoms with Gasteiger partial charge in [-0.1, -0.05) is 12.1 Å². The summed E-state index contributed by atoms with van der Waals surface area (Å²) in [5, 5.41) is 3.40. The zero-order valence-corrected chi connectivity index (χ0v) is 16.0. The Labute approximate surface area is 161 Å². The first-order valence-corrected chi connectivity index (χ1v) is 9.89. The predicted molar refractivity (Wildman–Crippen MR) is 105 cm³/mol. The maximum atomic E-state index is 12.7. The van der Waals surface area contributed by atoms with Crippen LogP contribution in [0.1, 0.15) is 17.3 Å². The van der Waals surface area contributed by atoms with Crippen LogP contribution in [0.25, 0.3) is 11.0 Å². The van der Waals surface area contributed by atoms with Crippen LogP contribution in [0.15, 0.2) is 62.6 Å². The number of nitrogens with one attached hydrogen (secondary N) is 2. The number of para-hydroxylation sites is 1. The molecule has 3 aromatic rings. The highest BCUT2D eigenvalue weighted by Crippen LogP contribution is 2.29. The number of rotatable bonds is 6. The fraction of sp³-hybridized carbons (Fsp3) is 0.158. The van der Waals surface area contributed by atoms with E-state index in [1.807, 2.05) is 0 Å². The molecule has 0 radical (unpaired) electrons. The standard InChI is InChI=1S/C19H18N2O6S/c1-3-26-18(22)12-8-10-13(11-9-12)28(24,25)21-17-16(20-2)14-6-4-5-7-15(14)27-19(17)23/h4-11,20-21H,3H2,1-2H3. The van der Waals surface area contributed by atoms with Crippen LogP contribution in [0, 0.1) is 0 Å². The normalized spacial score (nSPS) is 11.2. The van der Waals surface area contributed by atoms with Crippen LogP contribution in [0.2, 0.25) is 0 Å². The number of ether oxygens (including phenoxy) is 1. The Balaban J connectivity index is 2.00. The molecule has 0 aliphatic rings. The molecule has 2 aromatic carbocycles. The van der Waals surface area contributed by atoms with Crippen LogP contribution in [0.4, 0.5) is 11.4 Å². The molecule has 9 heteroatoms. The molecule has 0 bridgehead atoms. The van der Waals surface area contributed by atoms with Crippen molar-refractivity contribution in [3.05, 3.63) is 64.5 Å². The third-order valence-electron chi connectivity index (χ3n) is 3.98. The molecule has 0 saturated carbocycles. The van der Waals surface area contributed by atoms with E-state index in [0.29, 0.717) is 16.7 Å². The molecule has 0 spiro atoms. The van der Waals surface area contributed by atoms with Gasteiger partial charge in [-0.2, -0.15) is 0 Å². The lowest BCUT2D eigenvalue weighted by Gasteiger charge is -2.13. The van der Waals surface area contributed by atoms with Crippen molar-refractivity contribution < 1.29 is 22.4 Å². The van der Waals surface area contributed by atoms with E-state index in [4.69, 9.17) is 9.15 Å². The number of hydrogen-bond acceptors (Lipinski definition) is 7. The maximum Gasteiger partial charge on any atom is 0.363 e. The summed E-state index contributed by atoms with van der Waals surface area (Å²) in [6, 6.07) is 12.0. The first-order valence-electron chi connectivity index (χ1n) is 8.41. The van der Waals surface area contributed by atoms with Gasteiger partial charge in [-0.3, -0.25) is 4.72 Å². The molecule has 2 N–H and O–H groups in total. The van der Waals surface area contributed by atoms with E-state index in [2.05, 4.69) is 10.0 Å². The van der Waals surface area contributed by atoms with Crippen LogP contribution in [0.5, 0.6) is 0 Å². The third kappa shape index (κ3) is 3.70. The van der Waals surface area contributed by atoms with Gasteiger partial charge in [0.15, 0.2) is 5.69 Å². The number of carbonyl (C=O) groups is 1. The van der Waals surface area contributed by atoms with Crippen molar-refractivity contribution in [2.24, 2.45) is 0 Å². The van der Waals surface area contributed by atoms with E-state index in [-0.39, 0.29) is 22.8 Å². The van der Waals surface area contributed by atoms with Gasteiger partial charge < -0.3 is 14.5 Å². The summed E-state index contributed by atoms with van der Waals surface area (Å²) in [6.07, 6.45) is 0. The number of fused-ring (bicyclic) bond motifs is 1. The molecule has 3 rings (SSSR count). The summed E-state index contributed by atoms with van der Waals surface area (Å²) in [4.78, 5) is 23.9. The molecule has 1 aromatic heterocycles. The Kier molecular flexibility index (Phi) is 5.36. The second-order valence-corrected chi connectivity index (χ2v) is 7.42. The Hall–Kier alpha value is -3.33. The van der Waals surface area contributed by atoms with Gasteiger partial charge in [0, 0.05) is 12.4 Å². The Morgan fingerprint density at radius 3 is 2.39 bits per heavy atom. The number of esters is 1. The Morgan fingerprint density at radius 1 is 1.07 bits per heavy atom. The number of carbonyl (C=O) groups excluding carboxylic acids is 1. The molecule has 8 nitrogen and oxygen atoms in total. The van der Waals surface area contributed by atoms with Crippen molar-refractivity contribution in [2.75, 3.05) is 23.7 Å².